The summed E-state index contributed by atoms with van der Waals surface area (Å²) in [5, 5.41) is 7.87. The van der Waals surface area contributed by atoms with Crippen molar-refractivity contribution in [2.75, 3.05) is 6.61 Å². The molecule has 0 aliphatic carbocycles. The Hall–Kier alpha value is -2.66. The number of aromatic nitrogens is 1. The monoisotopic (exact) mass is 338 g/mol. The Morgan fingerprint density at radius 2 is 1.84 bits per heavy atom. The van der Waals surface area contributed by atoms with Gasteiger partial charge >= 0.3 is 0 Å². The summed E-state index contributed by atoms with van der Waals surface area (Å²) < 4.78 is 11.0. The highest BCUT2D eigenvalue weighted by Gasteiger charge is 2.22. The molecule has 0 aliphatic heterocycles. The number of benzene rings is 2. The molecule has 0 spiro atoms. The quantitative estimate of drug-likeness (QED) is 0.716. The summed E-state index contributed by atoms with van der Waals surface area (Å²) in [4.78, 5) is 12.4. The highest BCUT2D eigenvalue weighted by molar-refractivity contribution is 5.86. The van der Waals surface area contributed by atoms with E-state index in [1.54, 1.807) is 0 Å². The number of carbonyl (C=O) groups is 1. The van der Waals surface area contributed by atoms with Crippen LogP contribution < -0.4 is 5.32 Å². The summed E-state index contributed by atoms with van der Waals surface area (Å²) in [6.45, 7) is 4.83. The van der Waals surface area contributed by atoms with E-state index in [1.165, 1.54) is 0 Å². The SMILES string of the molecule is CC(C)(COCc1ccccc1)NC(=O)Cc1noc2ccccc12. The van der Waals surface area contributed by atoms with Crippen LogP contribution in [0.25, 0.3) is 11.0 Å². The summed E-state index contributed by atoms with van der Waals surface area (Å²) in [6, 6.07) is 17.5. The van der Waals surface area contributed by atoms with Gasteiger partial charge in [0.2, 0.25) is 5.91 Å². The highest BCUT2D eigenvalue weighted by atomic mass is 16.5. The zero-order valence-corrected chi connectivity index (χ0v) is 14.5. The minimum Gasteiger partial charge on any atom is -0.374 e. The van der Waals surface area contributed by atoms with Gasteiger partial charge in [0.1, 0.15) is 5.69 Å². The molecule has 0 unspecified atom stereocenters. The van der Waals surface area contributed by atoms with Crippen LogP contribution in [0.2, 0.25) is 0 Å². The van der Waals surface area contributed by atoms with E-state index in [9.17, 15) is 4.79 Å². The van der Waals surface area contributed by atoms with Crippen molar-refractivity contribution in [1.29, 1.82) is 0 Å². The first-order chi connectivity index (χ1) is 12.0. The smallest absolute Gasteiger partial charge is 0.226 e. The number of nitrogens with one attached hydrogen (secondary N) is 1. The van der Waals surface area contributed by atoms with E-state index in [0.29, 0.717) is 24.5 Å². The largest absolute Gasteiger partial charge is 0.374 e. The predicted molar refractivity (Wildman–Crippen MR) is 96.0 cm³/mol. The lowest BCUT2D eigenvalue weighted by molar-refractivity contribution is -0.122. The molecule has 1 aromatic heterocycles. The van der Waals surface area contributed by atoms with Crippen LogP contribution in [0.15, 0.2) is 59.1 Å². The molecule has 1 N–H and O–H groups in total. The fourth-order valence-corrected chi connectivity index (χ4v) is 2.67. The second kappa shape index (κ2) is 7.49. The van der Waals surface area contributed by atoms with E-state index in [2.05, 4.69) is 10.5 Å². The standard InChI is InChI=1S/C20H22N2O3/c1-20(2,14-24-13-15-8-4-3-5-9-15)21-19(23)12-17-16-10-6-7-11-18(16)25-22-17/h3-11H,12-14H2,1-2H3,(H,21,23). The molecule has 3 aromatic rings. The maximum Gasteiger partial charge on any atom is 0.226 e. The van der Waals surface area contributed by atoms with Crippen LogP contribution >= 0.6 is 0 Å². The summed E-state index contributed by atoms with van der Waals surface area (Å²) >= 11 is 0. The van der Waals surface area contributed by atoms with Crippen LogP contribution in [0.5, 0.6) is 0 Å². The maximum atomic E-state index is 12.4. The fourth-order valence-electron chi connectivity index (χ4n) is 2.67. The highest BCUT2D eigenvalue weighted by Crippen LogP contribution is 2.18. The third-order valence-corrected chi connectivity index (χ3v) is 3.83. The van der Waals surface area contributed by atoms with Gasteiger partial charge < -0.3 is 14.6 Å². The van der Waals surface area contributed by atoms with Gasteiger partial charge in [-0.25, -0.2) is 0 Å². The van der Waals surface area contributed by atoms with Crippen LogP contribution in [0.3, 0.4) is 0 Å². The predicted octanol–water partition coefficient (Wildman–Crippen LogP) is 3.48. The zero-order chi connectivity index (χ0) is 17.7. The van der Waals surface area contributed by atoms with E-state index >= 15 is 0 Å². The van der Waals surface area contributed by atoms with Crippen molar-refractivity contribution in [2.24, 2.45) is 0 Å². The van der Waals surface area contributed by atoms with E-state index in [0.717, 1.165) is 10.9 Å². The van der Waals surface area contributed by atoms with Crippen LogP contribution in [0.1, 0.15) is 25.1 Å². The minimum absolute atomic E-state index is 0.104. The third-order valence-electron chi connectivity index (χ3n) is 3.83. The van der Waals surface area contributed by atoms with Crippen molar-refractivity contribution in [3.63, 3.8) is 0 Å². The molecule has 130 valence electrons. The second-order valence-electron chi connectivity index (χ2n) is 6.71. The lowest BCUT2D eigenvalue weighted by Gasteiger charge is -2.26. The molecule has 0 radical (unpaired) electrons. The summed E-state index contributed by atoms with van der Waals surface area (Å²) in [7, 11) is 0. The molecular weight excluding hydrogens is 316 g/mol. The zero-order valence-electron chi connectivity index (χ0n) is 14.5. The molecule has 0 aliphatic rings. The van der Waals surface area contributed by atoms with Crippen LogP contribution in [0.4, 0.5) is 0 Å². The van der Waals surface area contributed by atoms with E-state index in [-0.39, 0.29) is 12.3 Å². The minimum atomic E-state index is -0.467. The van der Waals surface area contributed by atoms with Crippen molar-refractivity contribution in [2.45, 2.75) is 32.4 Å². The number of amides is 1. The molecule has 5 nitrogen and oxygen atoms in total. The third kappa shape index (κ3) is 4.67. The Balaban J connectivity index is 1.52. The van der Waals surface area contributed by atoms with Crippen LogP contribution in [0, 0.1) is 0 Å². The Morgan fingerprint density at radius 3 is 2.64 bits per heavy atom. The van der Waals surface area contributed by atoms with Gasteiger partial charge in [0.05, 0.1) is 25.2 Å². The number of nitrogens with zero attached hydrogens (tertiary/aromatic N) is 1. The van der Waals surface area contributed by atoms with Crippen molar-refractivity contribution in [3.05, 3.63) is 65.9 Å². The first-order valence-electron chi connectivity index (χ1n) is 8.29. The van der Waals surface area contributed by atoms with E-state index < -0.39 is 5.54 Å². The van der Waals surface area contributed by atoms with Crippen molar-refractivity contribution < 1.29 is 14.1 Å². The van der Waals surface area contributed by atoms with Crippen molar-refractivity contribution in [3.8, 4) is 0 Å². The molecule has 1 amide bonds. The Kier molecular flexibility index (Phi) is 5.14. The van der Waals surface area contributed by atoms with E-state index in [1.807, 2.05) is 68.4 Å². The van der Waals surface area contributed by atoms with Crippen LogP contribution in [-0.4, -0.2) is 23.2 Å². The normalized spacial score (nSPS) is 11.6. The molecule has 0 fully saturated rings. The molecular formula is C20H22N2O3. The van der Waals surface area contributed by atoms with Gasteiger partial charge in [-0.2, -0.15) is 0 Å². The molecule has 2 aromatic carbocycles. The molecule has 25 heavy (non-hydrogen) atoms. The first-order valence-corrected chi connectivity index (χ1v) is 8.29. The Bertz CT molecular complexity index is 840. The summed E-state index contributed by atoms with van der Waals surface area (Å²) in [6.07, 6.45) is 0.180. The number of ether oxygens (including phenoxy) is 1. The van der Waals surface area contributed by atoms with Gasteiger partial charge in [0.15, 0.2) is 5.58 Å². The average Bonchev–Trinajstić information content (AvgIpc) is 2.98. The lowest BCUT2D eigenvalue weighted by atomic mass is 10.1. The number of para-hydroxylation sites is 1. The molecule has 1 heterocycles. The molecule has 3 rings (SSSR count). The van der Waals surface area contributed by atoms with E-state index in [4.69, 9.17) is 9.26 Å². The van der Waals surface area contributed by atoms with Gasteiger partial charge in [-0.15, -0.1) is 0 Å². The van der Waals surface area contributed by atoms with Crippen molar-refractivity contribution >= 4 is 16.9 Å². The fraction of sp³-hybridized carbons (Fsp3) is 0.300. The van der Waals surface area contributed by atoms with Crippen molar-refractivity contribution in [1.82, 2.24) is 10.5 Å². The number of carbonyl (C=O) groups excluding carboxylic acids is 1. The Labute approximate surface area is 147 Å². The average molecular weight is 338 g/mol. The second-order valence-corrected chi connectivity index (χ2v) is 6.71. The van der Waals surface area contributed by atoms with Gasteiger partial charge in [-0.05, 0) is 31.5 Å². The van der Waals surface area contributed by atoms with Gasteiger partial charge in [-0.3, -0.25) is 4.79 Å². The molecule has 0 atom stereocenters. The van der Waals surface area contributed by atoms with Gasteiger partial charge in [0.25, 0.3) is 0 Å². The molecule has 0 bridgehead atoms. The first kappa shape index (κ1) is 17.2. The van der Waals surface area contributed by atoms with Gasteiger partial charge in [-0.1, -0.05) is 47.6 Å². The number of hydrogen-bond donors (Lipinski definition) is 1. The number of fused-ring (bicyclic) bond motifs is 1. The van der Waals surface area contributed by atoms with Gasteiger partial charge in [0, 0.05) is 5.39 Å². The number of rotatable bonds is 7. The Morgan fingerprint density at radius 1 is 1.12 bits per heavy atom. The molecule has 0 saturated carbocycles. The summed E-state index contributed by atoms with van der Waals surface area (Å²) in [5.74, 6) is -0.104. The van der Waals surface area contributed by atoms with Crippen LogP contribution in [-0.2, 0) is 22.6 Å². The molecule has 5 heteroatoms. The summed E-state index contributed by atoms with van der Waals surface area (Å²) in [5.41, 5.74) is 1.98. The number of hydrogen-bond acceptors (Lipinski definition) is 4. The maximum absolute atomic E-state index is 12.4. The topological polar surface area (TPSA) is 64.4 Å². The molecule has 0 saturated heterocycles. The lowest BCUT2D eigenvalue weighted by Crippen LogP contribution is -2.47.